The van der Waals surface area contributed by atoms with Crippen molar-refractivity contribution in [2.75, 3.05) is 20.4 Å². The zero-order valence-corrected chi connectivity index (χ0v) is 18.5. The van der Waals surface area contributed by atoms with Crippen LogP contribution in [0.15, 0.2) is 41.4 Å². The van der Waals surface area contributed by atoms with Crippen molar-refractivity contribution in [1.29, 1.82) is 0 Å². The number of halogens is 3. The minimum atomic E-state index is -0.323. The molecule has 2 aromatic carbocycles. The van der Waals surface area contributed by atoms with Gasteiger partial charge in [0.1, 0.15) is 17.4 Å². The molecule has 2 aliphatic rings. The fourth-order valence-corrected chi connectivity index (χ4v) is 3.58. The van der Waals surface area contributed by atoms with E-state index >= 15 is 0 Å². The quantitative estimate of drug-likeness (QED) is 0.361. The van der Waals surface area contributed by atoms with Gasteiger partial charge >= 0.3 is 0 Å². The maximum Gasteiger partial charge on any atom is 0.191 e. The van der Waals surface area contributed by atoms with E-state index in [0.29, 0.717) is 42.5 Å². The van der Waals surface area contributed by atoms with Gasteiger partial charge in [0.15, 0.2) is 12.8 Å². The number of benzene rings is 2. The molecule has 0 bridgehead atoms. The van der Waals surface area contributed by atoms with Gasteiger partial charge in [-0.2, -0.15) is 0 Å². The SMILES string of the molecule is CN=C(NCc1cc(F)cc2c1OCOC2)NCC1(c2cccc(F)c2)CC1.I. The van der Waals surface area contributed by atoms with Gasteiger partial charge in [-0.25, -0.2) is 8.78 Å². The average Bonchev–Trinajstić information content (AvgIpc) is 3.49. The van der Waals surface area contributed by atoms with Crippen LogP contribution in [0.5, 0.6) is 5.75 Å². The summed E-state index contributed by atoms with van der Waals surface area (Å²) in [6.07, 6.45) is 2.01. The zero-order valence-electron chi connectivity index (χ0n) is 16.1. The smallest absolute Gasteiger partial charge is 0.191 e. The molecule has 29 heavy (non-hydrogen) atoms. The number of fused-ring (bicyclic) bond motifs is 1. The molecule has 2 N–H and O–H groups in total. The molecule has 0 atom stereocenters. The first-order chi connectivity index (χ1) is 13.6. The molecule has 0 unspecified atom stereocenters. The number of aliphatic imine (C=N–C) groups is 1. The van der Waals surface area contributed by atoms with Crippen molar-refractivity contribution in [2.45, 2.75) is 31.4 Å². The molecule has 1 fully saturated rings. The summed E-state index contributed by atoms with van der Waals surface area (Å²) in [7, 11) is 1.68. The first-order valence-electron chi connectivity index (χ1n) is 9.32. The molecule has 0 saturated heterocycles. The lowest BCUT2D eigenvalue weighted by atomic mass is 9.96. The monoisotopic (exact) mass is 515 g/mol. The topological polar surface area (TPSA) is 54.9 Å². The Bertz CT molecular complexity index is 903. The van der Waals surface area contributed by atoms with Gasteiger partial charge in [0.25, 0.3) is 0 Å². The molecule has 1 aliphatic carbocycles. The van der Waals surface area contributed by atoms with Crippen LogP contribution in [0.1, 0.15) is 29.5 Å². The number of hydrogen-bond acceptors (Lipinski definition) is 3. The van der Waals surface area contributed by atoms with E-state index in [1.807, 2.05) is 6.07 Å². The Labute approximate surface area is 185 Å². The second-order valence-corrected chi connectivity index (χ2v) is 7.23. The van der Waals surface area contributed by atoms with E-state index in [9.17, 15) is 8.78 Å². The fraction of sp³-hybridized carbons (Fsp3) is 0.381. The number of ether oxygens (including phenoxy) is 2. The summed E-state index contributed by atoms with van der Waals surface area (Å²) in [5.41, 5.74) is 2.36. The Kier molecular flexibility index (Phi) is 6.94. The summed E-state index contributed by atoms with van der Waals surface area (Å²) in [5, 5.41) is 6.52. The lowest BCUT2D eigenvalue weighted by Gasteiger charge is -2.22. The van der Waals surface area contributed by atoms with Crippen molar-refractivity contribution < 1.29 is 18.3 Å². The third-order valence-corrected chi connectivity index (χ3v) is 5.31. The highest BCUT2D eigenvalue weighted by Gasteiger charge is 2.44. The Balaban J connectivity index is 0.00000240. The summed E-state index contributed by atoms with van der Waals surface area (Å²) in [5.74, 6) is 0.726. The van der Waals surface area contributed by atoms with Gasteiger partial charge in [0, 0.05) is 36.7 Å². The predicted octanol–water partition coefficient (Wildman–Crippen LogP) is 3.85. The van der Waals surface area contributed by atoms with Crippen molar-refractivity contribution in [3.05, 3.63) is 64.7 Å². The molecule has 0 spiro atoms. The lowest BCUT2D eigenvalue weighted by Crippen LogP contribution is -2.41. The maximum absolute atomic E-state index is 13.9. The molecule has 0 amide bonds. The average molecular weight is 515 g/mol. The second-order valence-electron chi connectivity index (χ2n) is 7.23. The largest absolute Gasteiger partial charge is 0.467 e. The van der Waals surface area contributed by atoms with Gasteiger partial charge in [-0.15, -0.1) is 24.0 Å². The fourth-order valence-electron chi connectivity index (χ4n) is 3.58. The van der Waals surface area contributed by atoms with Gasteiger partial charge in [-0.3, -0.25) is 4.99 Å². The van der Waals surface area contributed by atoms with E-state index in [4.69, 9.17) is 9.47 Å². The summed E-state index contributed by atoms with van der Waals surface area (Å²) >= 11 is 0. The van der Waals surface area contributed by atoms with Crippen molar-refractivity contribution in [3.8, 4) is 5.75 Å². The van der Waals surface area contributed by atoms with Crippen LogP contribution in [-0.2, 0) is 23.3 Å². The van der Waals surface area contributed by atoms with Crippen LogP contribution in [0.3, 0.4) is 0 Å². The minimum absolute atomic E-state index is 0. The molecule has 0 aromatic heterocycles. The first-order valence-corrected chi connectivity index (χ1v) is 9.32. The summed E-state index contributed by atoms with van der Waals surface area (Å²) in [6.45, 7) is 1.52. The highest BCUT2D eigenvalue weighted by atomic mass is 127. The first kappa shape index (κ1) is 21.8. The molecule has 4 rings (SSSR count). The Hall–Kier alpha value is -1.94. The molecule has 8 heteroatoms. The Morgan fingerprint density at radius 2 is 1.97 bits per heavy atom. The molecular formula is C21H24F2IN3O2. The second kappa shape index (κ2) is 9.25. The standard InChI is InChI=1S/C21H23F2N3O2.HI/c1-24-20(26-12-21(5-6-21)16-3-2-4-17(22)9-16)25-10-14-7-18(23)8-15-11-27-13-28-19(14)15;/h2-4,7-9H,5-6,10-13H2,1H3,(H2,24,25,26);1H. The van der Waals surface area contributed by atoms with Crippen molar-refractivity contribution in [1.82, 2.24) is 10.6 Å². The lowest BCUT2D eigenvalue weighted by molar-refractivity contribution is -0.0172. The third kappa shape index (κ3) is 4.98. The highest BCUT2D eigenvalue weighted by molar-refractivity contribution is 14.0. The van der Waals surface area contributed by atoms with Crippen LogP contribution in [0, 0.1) is 11.6 Å². The zero-order chi connectivity index (χ0) is 19.6. The predicted molar refractivity (Wildman–Crippen MR) is 118 cm³/mol. The maximum atomic E-state index is 13.9. The van der Waals surface area contributed by atoms with E-state index in [0.717, 1.165) is 18.4 Å². The van der Waals surface area contributed by atoms with Gasteiger partial charge < -0.3 is 20.1 Å². The molecular weight excluding hydrogens is 491 g/mol. The van der Waals surface area contributed by atoms with Crippen LogP contribution in [0.25, 0.3) is 0 Å². The highest BCUT2D eigenvalue weighted by Crippen LogP contribution is 2.47. The number of guanidine groups is 1. The number of rotatable bonds is 5. The van der Waals surface area contributed by atoms with E-state index in [-0.39, 0.29) is 47.8 Å². The molecule has 1 saturated carbocycles. The normalized spacial score (nSPS) is 16.9. The minimum Gasteiger partial charge on any atom is -0.467 e. The number of nitrogens with one attached hydrogen (secondary N) is 2. The van der Waals surface area contributed by atoms with Crippen LogP contribution in [0.4, 0.5) is 8.78 Å². The third-order valence-electron chi connectivity index (χ3n) is 5.31. The van der Waals surface area contributed by atoms with E-state index in [1.165, 1.54) is 18.2 Å². The summed E-state index contributed by atoms with van der Waals surface area (Å²) < 4.78 is 38.2. The van der Waals surface area contributed by atoms with Crippen molar-refractivity contribution >= 4 is 29.9 Å². The molecule has 156 valence electrons. The summed E-state index contributed by atoms with van der Waals surface area (Å²) in [4.78, 5) is 4.24. The summed E-state index contributed by atoms with van der Waals surface area (Å²) in [6, 6.07) is 9.66. The molecule has 2 aromatic rings. The van der Waals surface area contributed by atoms with Crippen LogP contribution < -0.4 is 15.4 Å². The van der Waals surface area contributed by atoms with Gasteiger partial charge in [-0.1, -0.05) is 12.1 Å². The van der Waals surface area contributed by atoms with Crippen LogP contribution >= 0.6 is 24.0 Å². The number of nitrogens with zero attached hydrogens (tertiary/aromatic N) is 1. The van der Waals surface area contributed by atoms with Crippen LogP contribution in [0.2, 0.25) is 0 Å². The molecule has 1 heterocycles. The van der Waals surface area contributed by atoms with Crippen molar-refractivity contribution in [3.63, 3.8) is 0 Å². The van der Waals surface area contributed by atoms with Crippen LogP contribution in [-0.4, -0.2) is 26.3 Å². The molecule has 1 aliphatic heterocycles. The number of hydrogen-bond donors (Lipinski definition) is 2. The van der Waals surface area contributed by atoms with E-state index < -0.39 is 0 Å². The van der Waals surface area contributed by atoms with Gasteiger partial charge in [0.05, 0.1) is 6.61 Å². The van der Waals surface area contributed by atoms with Gasteiger partial charge in [-0.05, 0) is 42.7 Å². The van der Waals surface area contributed by atoms with E-state index in [1.54, 1.807) is 19.2 Å². The van der Waals surface area contributed by atoms with Crippen molar-refractivity contribution in [2.24, 2.45) is 4.99 Å². The Morgan fingerprint density at radius 3 is 2.69 bits per heavy atom. The molecule has 0 radical (unpaired) electrons. The molecule has 5 nitrogen and oxygen atoms in total. The Morgan fingerprint density at radius 1 is 1.14 bits per heavy atom. The van der Waals surface area contributed by atoms with Gasteiger partial charge in [0.2, 0.25) is 0 Å². The van der Waals surface area contributed by atoms with E-state index in [2.05, 4.69) is 15.6 Å².